The highest BCUT2D eigenvalue weighted by atomic mass is 14.3. The van der Waals surface area contributed by atoms with E-state index in [4.69, 9.17) is 0 Å². The quantitative estimate of drug-likeness (QED) is 0.166. The summed E-state index contributed by atoms with van der Waals surface area (Å²) in [5, 5.41) is 41.5. The van der Waals surface area contributed by atoms with Gasteiger partial charge in [-0.05, 0) is 156 Å². The molecule has 2 nitrogen and oxygen atoms in total. The van der Waals surface area contributed by atoms with Crippen LogP contribution in [0.25, 0.3) is 119 Å². The molecule has 0 saturated heterocycles. The predicted molar refractivity (Wildman–Crippen MR) is 244 cm³/mol. The van der Waals surface area contributed by atoms with Crippen molar-refractivity contribution in [2.75, 3.05) is 0 Å². The molecule has 12 aromatic rings. The van der Waals surface area contributed by atoms with Crippen molar-refractivity contribution in [2.45, 2.75) is 0 Å². The van der Waals surface area contributed by atoms with E-state index >= 15 is 0 Å². The summed E-state index contributed by atoms with van der Waals surface area (Å²) in [5.74, 6) is 0. The van der Waals surface area contributed by atoms with Gasteiger partial charge in [-0.25, -0.2) is 0 Å². The molecule has 12 aromatic carbocycles. The second-order valence-corrected chi connectivity index (χ2v) is 15.3. The van der Waals surface area contributed by atoms with Crippen molar-refractivity contribution in [3.8, 4) is 34.4 Å². The van der Waals surface area contributed by atoms with Gasteiger partial charge in [-0.15, -0.1) is 0 Å². The lowest BCUT2D eigenvalue weighted by atomic mass is 9.82. The monoisotopic (exact) mass is 730 g/mol. The molecular weight excluding hydrogens is 701 g/mol. The number of nitrogens with zero attached hydrogens (tertiary/aromatic N) is 2. The Hall–Kier alpha value is -8.04. The maximum atomic E-state index is 10.4. The summed E-state index contributed by atoms with van der Waals surface area (Å²) in [6.45, 7) is 0. The molecule has 0 fully saturated rings. The number of hydrogen-bond acceptors (Lipinski definition) is 2. The van der Waals surface area contributed by atoms with E-state index in [2.05, 4.69) is 182 Å². The zero-order valence-corrected chi connectivity index (χ0v) is 31.2. The second-order valence-electron chi connectivity index (χ2n) is 15.3. The highest BCUT2D eigenvalue weighted by Gasteiger charge is 2.22. The SMILES string of the molecule is N#Cc1cc2c(cc1C#N)c1cc(-c3cc4ccccc4c4ccccc34)c3ccccc3c1c1c3ccccc3c(-c3cc4ccccc4c4ccccc34)cc21. The van der Waals surface area contributed by atoms with Gasteiger partial charge >= 0.3 is 0 Å². The van der Waals surface area contributed by atoms with Gasteiger partial charge in [-0.3, -0.25) is 0 Å². The van der Waals surface area contributed by atoms with Gasteiger partial charge in [0.15, 0.2) is 0 Å². The van der Waals surface area contributed by atoms with Crippen LogP contribution in [-0.2, 0) is 0 Å². The van der Waals surface area contributed by atoms with Crippen LogP contribution in [0.3, 0.4) is 0 Å². The molecule has 0 atom stereocenters. The minimum absolute atomic E-state index is 0.378. The van der Waals surface area contributed by atoms with Gasteiger partial charge in [0.25, 0.3) is 0 Å². The molecule has 0 spiro atoms. The molecule has 0 N–H and O–H groups in total. The van der Waals surface area contributed by atoms with Gasteiger partial charge in [0.05, 0.1) is 11.1 Å². The van der Waals surface area contributed by atoms with Crippen LogP contribution in [0.4, 0.5) is 0 Å². The van der Waals surface area contributed by atoms with E-state index in [0.717, 1.165) is 65.3 Å². The molecule has 0 aliphatic carbocycles. The fraction of sp³-hybridized carbons (Fsp3) is 0. The van der Waals surface area contributed by atoms with Crippen LogP contribution >= 0.6 is 0 Å². The van der Waals surface area contributed by atoms with Gasteiger partial charge in [0, 0.05) is 0 Å². The Morgan fingerprint density at radius 1 is 0.241 bits per heavy atom. The molecule has 0 aliphatic heterocycles. The van der Waals surface area contributed by atoms with Crippen LogP contribution < -0.4 is 0 Å². The smallest absolute Gasteiger partial charge is 0.101 e. The van der Waals surface area contributed by atoms with Crippen LogP contribution in [0, 0.1) is 22.7 Å². The van der Waals surface area contributed by atoms with Gasteiger partial charge in [-0.2, -0.15) is 10.5 Å². The Labute approximate surface area is 333 Å². The molecule has 0 saturated carbocycles. The first-order valence-corrected chi connectivity index (χ1v) is 19.6. The lowest BCUT2D eigenvalue weighted by molar-refractivity contribution is 1.45. The Kier molecular flexibility index (Phi) is 6.80. The molecular formula is C56H30N2. The molecule has 0 heterocycles. The largest absolute Gasteiger partial charge is 0.192 e. The van der Waals surface area contributed by atoms with Crippen LogP contribution in [0.1, 0.15) is 11.1 Å². The van der Waals surface area contributed by atoms with Crippen molar-refractivity contribution < 1.29 is 0 Å². The number of rotatable bonds is 2. The maximum Gasteiger partial charge on any atom is 0.101 e. The normalized spacial score (nSPS) is 11.8. The Bertz CT molecular complexity index is 3620. The summed E-state index contributed by atoms with van der Waals surface area (Å²) in [6, 6.07) is 70.2. The zero-order chi connectivity index (χ0) is 38.5. The first-order valence-electron chi connectivity index (χ1n) is 19.6. The molecule has 58 heavy (non-hydrogen) atoms. The number of nitriles is 2. The maximum absolute atomic E-state index is 10.4. The zero-order valence-electron chi connectivity index (χ0n) is 31.2. The van der Waals surface area contributed by atoms with E-state index < -0.39 is 0 Å². The Morgan fingerprint density at radius 2 is 0.534 bits per heavy atom. The Balaban J connectivity index is 1.31. The summed E-state index contributed by atoms with van der Waals surface area (Å²) in [6.07, 6.45) is 0. The molecule has 0 radical (unpaired) electrons. The summed E-state index contributed by atoms with van der Waals surface area (Å²) in [7, 11) is 0. The third kappa shape index (κ3) is 4.46. The molecule has 12 rings (SSSR count). The van der Waals surface area contributed by atoms with Crippen molar-refractivity contribution in [3.05, 3.63) is 193 Å². The minimum Gasteiger partial charge on any atom is -0.192 e. The fourth-order valence-corrected chi connectivity index (χ4v) is 9.94. The van der Waals surface area contributed by atoms with Gasteiger partial charge in [0.2, 0.25) is 0 Å². The molecule has 0 unspecified atom stereocenters. The van der Waals surface area contributed by atoms with E-state index in [0.29, 0.717) is 11.1 Å². The third-order valence-electron chi connectivity index (χ3n) is 12.4. The fourth-order valence-electron chi connectivity index (χ4n) is 9.94. The first kappa shape index (κ1) is 32.2. The average Bonchev–Trinajstić information content (AvgIpc) is 3.29. The summed E-state index contributed by atoms with van der Waals surface area (Å²) in [5.41, 5.74) is 5.36. The van der Waals surface area contributed by atoms with E-state index in [9.17, 15) is 10.5 Å². The first-order chi connectivity index (χ1) is 28.7. The van der Waals surface area contributed by atoms with Crippen LogP contribution in [0.2, 0.25) is 0 Å². The summed E-state index contributed by atoms with van der Waals surface area (Å²) in [4.78, 5) is 0. The van der Waals surface area contributed by atoms with E-state index in [1.54, 1.807) is 0 Å². The van der Waals surface area contributed by atoms with Crippen molar-refractivity contribution in [3.63, 3.8) is 0 Å². The summed E-state index contributed by atoms with van der Waals surface area (Å²) >= 11 is 0. The molecule has 264 valence electrons. The highest BCUT2D eigenvalue weighted by Crippen LogP contribution is 2.49. The molecule has 2 heteroatoms. The van der Waals surface area contributed by atoms with E-state index in [-0.39, 0.29) is 0 Å². The minimum atomic E-state index is 0.378. The Morgan fingerprint density at radius 3 is 0.914 bits per heavy atom. The molecule has 0 aliphatic rings. The van der Waals surface area contributed by atoms with E-state index in [1.807, 2.05) is 12.1 Å². The number of benzene rings is 12. The van der Waals surface area contributed by atoms with Crippen LogP contribution in [-0.4, -0.2) is 0 Å². The lowest BCUT2D eigenvalue weighted by Crippen LogP contribution is -1.94. The van der Waals surface area contributed by atoms with Crippen LogP contribution in [0.15, 0.2) is 182 Å². The highest BCUT2D eigenvalue weighted by molar-refractivity contribution is 6.39. The van der Waals surface area contributed by atoms with Gasteiger partial charge in [-0.1, -0.05) is 146 Å². The van der Waals surface area contributed by atoms with Gasteiger partial charge < -0.3 is 0 Å². The lowest BCUT2D eigenvalue weighted by Gasteiger charge is -2.21. The number of fused-ring (bicyclic) bond motifs is 16. The summed E-state index contributed by atoms with van der Waals surface area (Å²) < 4.78 is 0. The van der Waals surface area contributed by atoms with E-state index in [1.165, 1.54) is 53.9 Å². The van der Waals surface area contributed by atoms with Crippen molar-refractivity contribution in [2.24, 2.45) is 0 Å². The molecule has 0 amide bonds. The average molecular weight is 731 g/mol. The standard InChI is InChI=1S/C56H30N2/c57-31-35-27-49-50(28-36(35)32-58)54-30-52(48-26-34-14-2-4-16-38(34)40-18-6-8-20-42(40)48)44-22-10-12-24-46(44)56(54)55-45-23-11-9-21-43(45)51(29-53(49)55)47-25-33-13-1-3-15-37(33)39-17-5-7-19-41(39)47/h1-30H. The van der Waals surface area contributed by atoms with Crippen LogP contribution in [0.5, 0.6) is 0 Å². The van der Waals surface area contributed by atoms with Crippen molar-refractivity contribution in [1.29, 1.82) is 10.5 Å². The van der Waals surface area contributed by atoms with Crippen molar-refractivity contribution >= 4 is 97.0 Å². The van der Waals surface area contributed by atoms with Crippen molar-refractivity contribution in [1.82, 2.24) is 0 Å². The topological polar surface area (TPSA) is 47.6 Å². The molecule has 0 aromatic heterocycles. The third-order valence-corrected chi connectivity index (χ3v) is 12.4. The van der Waals surface area contributed by atoms with Gasteiger partial charge in [0.1, 0.15) is 12.1 Å². The molecule has 0 bridgehead atoms. The second kappa shape index (κ2) is 12.2. The predicted octanol–water partition coefficient (Wildman–Crippen LogP) is 15.1. The number of hydrogen-bond donors (Lipinski definition) is 0.